The van der Waals surface area contributed by atoms with Crippen molar-refractivity contribution >= 4 is 27.2 Å². The molecule has 0 radical (unpaired) electrons. The molecule has 0 unspecified atom stereocenters. The van der Waals surface area contributed by atoms with Gasteiger partial charge in [-0.25, -0.2) is 4.52 Å². The Morgan fingerprint density at radius 1 is 1.46 bits per heavy atom. The fourth-order valence-electron chi connectivity index (χ4n) is 1.83. The Balaban J connectivity index is 2.50. The van der Waals surface area contributed by atoms with Crippen LogP contribution in [0, 0.1) is 11.3 Å². The van der Waals surface area contributed by atoms with Crippen molar-refractivity contribution in [3.05, 3.63) is 24.0 Å². The van der Waals surface area contributed by atoms with Gasteiger partial charge in [-0.05, 0) is 0 Å². The van der Waals surface area contributed by atoms with Crippen molar-refractivity contribution in [2.75, 3.05) is 26.0 Å². The molecule has 1 N–H and O–H groups in total. The highest BCUT2D eigenvalue weighted by Gasteiger charge is 2.49. The molecule has 2 rings (SSSR count). The summed E-state index contributed by atoms with van der Waals surface area (Å²) in [5, 5.41) is 15.4. The van der Waals surface area contributed by atoms with E-state index < -0.39 is 21.4 Å². The maximum Gasteiger partial charge on any atom is 0.534 e. The van der Waals surface area contributed by atoms with Gasteiger partial charge in [-0.2, -0.15) is 31.9 Å². The van der Waals surface area contributed by atoms with Gasteiger partial charge in [-0.1, -0.05) is 0 Å². The zero-order valence-corrected chi connectivity index (χ0v) is 14.2. The van der Waals surface area contributed by atoms with Gasteiger partial charge < -0.3 is 14.4 Å². The van der Waals surface area contributed by atoms with Crippen LogP contribution in [0.1, 0.15) is 5.56 Å². The Morgan fingerprint density at radius 2 is 2.12 bits per heavy atom. The number of amides is 1. The number of pyridine rings is 1. The molecule has 0 spiro atoms. The highest BCUT2D eigenvalue weighted by Crippen LogP contribution is 2.32. The van der Waals surface area contributed by atoms with Gasteiger partial charge in [-0.15, -0.1) is 0 Å². The average Bonchev–Trinajstić information content (AvgIpc) is 2.94. The van der Waals surface area contributed by atoms with E-state index in [1.807, 2.05) is 0 Å². The van der Waals surface area contributed by atoms with Crippen LogP contribution in [0.15, 0.2) is 18.5 Å². The van der Waals surface area contributed by atoms with E-state index in [0.29, 0.717) is 0 Å². The summed E-state index contributed by atoms with van der Waals surface area (Å²) in [7, 11) is -2.95. The zero-order valence-electron chi connectivity index (χ0n) is 13.4. The molecule has 2 heterocycles. The number of nitrogens with zero attached hydrogens (tertiary/aromatic N) is 4. The van der Waals surface area contributed by atoms with E-state index in [-0.39, 0.29) is 29.2 Å². The molecule has 0 aliphatic heterocycles. The van der Waals surface area contributed by atoms with Crippen molar-refractivity contribution in [3.63, 3.8) is 0 Å². The molecule has 0 fully saturated rings. The van der Waals surface area contributed by atoms with Crippen LogP contribution in [-0.4, -0.2) is 55.0 Å². The van der Waals surface area contributed by atoms with Gasteiger partial charge in [-0.3, -0.25) is 4.79 Å². The third-order valence-corrected chi connectivity index (χ3v) is 4.09. The Bertz CT molecular complexity index is 992. The number of hydrogen-bond donors (Lipinski definition) is 1. The number of carbonyl (C=O) groups is 1. The van der Waals surface area contributed by atoms with Crippen LogP contribution in [0.4, 0.5) is 18.9 Å². The Kier molecular flexibility index (Phi) is 4.99. The number of fused-ring (bicyclic) bond motifs is 1. The molecule has 1 amide bonds. The van der Waals surface area contributed by atoms with E-state index in [9.17, 15) is 26.4 Å². The Morgan fingerprint density at radius 3 is 2.65 bits per heavy atom. The van der Waals surface area contributed by atoms with Gasteiger partial charge in [0.15, 0.2) is 5.75 Å². The van der Waals surface area contributed by atoms with Crippen LogP contribution in [0.3, 0.4) is 0 Å². The minimum Gasteiger partial charge on any atom is -0.375 e. The summed E-state index contributed by atoms with van der Waals surface area (Å²) in [6.45, 7) is -0.212. The monoisotopic (exact) mass is 391 g/mol. The van der Waals surface area contributed by atoms with Crippen LogP contribution in [-0.2, 0) is 14.9 Å². The van der Waals surface area contributed by atoms with Crippen LogP contribution >= 0.6 is 0 Å². The number of halogens is 3. The smallest absolute Gasteiger partial charge is 0.375 e. The predicted octanol–water partition coefficient (Wildman–Crippen LogP) is 0.934. The summed E-state index contributed by atoms with van der Waals surface area (Å²) in [5.41, 5.74) is -6.04. The highest BCUT2D eigenvalue weighted by atomic mass is 32.2. The summed E-state index contributed by atoms with van der Waals surface area (Å²) >= 11 is 0. The fourth-order valence-corrected chi connectivity index (χ4v) is 2.29. The van der Waals surface area contributed by atoms with E-state index >= 15 is 0 Å². The van der Waals surface area contributed by atoms with Crippen LogP contribution in [0.25, 0.3) is 5.52 Å². The average molecular weight is 391 g/mol. The van der Waals surface area contributed by atoms with Gasteiger partial charge in [0.25, 0.3) is 0 Å². The van der Waals surface area contributed by atoms with E-state index in [1.54, 1.807) is 6.07 Å². The zero-order chi connectivity index (χ0) is 19.7. The first-order chi connectivity index (χ1) is 12.0. The van der Waals surface area contributed by atoms with Gasteiger partial charge in [0.05, 0.1) is 24.6 Å². The van der Waals surface area contributed by atoms with Crippen molar-refractivity contribution in [1.82, 2.24) is 14.5 Å². The third kappa shape index (κ3) is 3.80. The number of nitrogens with one attached hydrogen (secondary N) is 1. The number of carbonyl (C=O) groups excluding carboxylic acids is 1. The Hall–Kier alpha value is -3.01. The van der Waals surface area contributed by atoms with Crippen molar-refractivity contribution in [2.24, 2.45) is 0 Å². The number of aromatic nitrogens is 2. The Labute approximate surface area is 145 Å². The van der Waals surface area contributed by atoms with Crippen molar-refractivity contribution in [1.29, 1.82) is 5.26 Å². The molecule has 0 saturated heterocycles. The predicted molar refractivity (Wildman–Crippen MR) is 82.7 cm³/mol. The molecule has 9 nitrogen and oxygen atoms in total. The summed E-state index contributed by atoms with van der Waals surface area (Å²) in [6, 6.07) is 2.61. The first-order valence-electron chi connectivity index (χ1n) is 6.82. The number of alkyl halides is 3. The molecule has 140 valence electrons. The van der Waals surface area contributed by atoms with Crippen LogP contribution in [0.5, 0.6) is 5.75 Å². The number of nitriles is 1. The number of anilines is 1. The summed E-state index contributed by atoms with van der Waals surface area (Å²) in [5.74, 6) is -1.09. The van der Waals surface area contributed by atoms with Crippen molar-refractivity contribution < 1.29 is 30.6 Å². The molecule has 13 heteroatoms. The second kappa shape index (κ2) is 6.71. The molecule has 0 aliphatic carbocycles. The van der Waals surface area contributed by atoms with E-state index in [0.717, 1.165) is 16.8 Å². The second-order valence-electron chi connectivity index (χ2n) is 5.18. The van der Waals surface area contributed by atoms with Crippen LogP contribution < -0.4 is 9.50 Å². The minimum atomic E-state index is -5.96. The van der Waals surface area contributed by atoms with Gasteiger partial charge in [0, 0.05) is 20.2 Å². The summed E-state index contributed by atoms with van der Waals surface area (Å²) in [6.07, 6.45) is 2.31. The second-order valence-corrected chi connectivity index (χ2v) is 6.72. The van der Waals surface area contributed by atoms with Gasteiger partial charge >= 0.3 is 15.6 Å². The third-order valence-electron chi connectivity index (χ3n) is 3.12. The first kappa shape index (κ1) is 19.3. The lowest BCUT2D eigenvalue weighted by molar-refractivity contribution is -0.126. The standard InChI is InChI=1S/C13H12F3N5O4S/c1-20(2)11(22)6-18-9-3-10(25-26(23,24)13(14,15)16)12-8(4-17)5-19-21(12)7-9/h3,5,7,18H,6H2,1-2H3. The number of likely N-dealkylation sites (N-methyl/N-ethyl adjacent to an activating group) is 1. The summed E-state index contributed by atoms with van der Waals surface area (Å²) in [4.78, 5) is 12.9. The first-order valence-corrected chi connectivity index (χ1v) is 8.23. The fraction of sp³-hybridized carbons (Fsp3) is 0.308. The molecule has 0 bridgehead atoms. The molecule has 0 aliphatic rings. The largest absolute Gasteiger partial charge is 0.534 e. The molecule has 0 saturated carbocycles. The van der Waals surface area contributed by atoms with Gasteiger partial charge in [0.2, 0.25) is 5.91 Å². The number of hydrogen-bond acceptors (Lipinski definition) is 7. The SMILES string of the molecule is CN(C)C(=O)CNc1cc(OS(=O)(=O)C(F)(F)F)c2c(C#N)cnn2c1. The molecule has 2 aromatic rings. The van der Waals surface area contributed by atoms with Gasteiger partial charge in [0.1, 0.15) is 17.1 Å². The summed E-state index contributed by atoms with van der Waals surface area (Å²) < 4.78 is 65.6. The number of rotatable bonds is 5. The van der Waals surface area contributed by atoms with E-state index in [4.69, 9.17) is 5.26 Å². The normalized spacial score (nSPS) is 11.8. The van der Waals surface area contributed by atoms with E-state index in [2.05, 4.69) is 14.6 Å². The molecular formula is C13H12F3N5O4S. The van der Waals surface area contributed by atoms with Crippen LogP contribution in [0.2, 0.25) is 0 Å². The molecule has 0 aromatic carbocycles. The maximum absolute atomic E-state index is 12.6. The molecule has 2 aromatic heterocycles. The lowest BCUT2D eigenvalue weighted by atomic mass is 10.2. The lowest BCUT2D eigenvalue weighted by Gasteiger charge is -2.14. The molecular weight excluding hydrogens is 379 g/mol. The molecule has 26 heavy (non-hydrogen) atoms. The lowest BCUT2D eigenvalue weighted by Crippen LogP contribution is -2.29. The van der Waals surface area contributed by atoms with E-state index in [1.165, 1.54) is 25.2 Å². The molecule has 0 atom stereocenters. The van der Waals surface area contributed by atoms with Crippen molar-refractivity contribution in [3.8, 4) is 11.8 Å². The highest BCUT2D eigenvalue weighted by molar-refractivity contribution is 7.88. The minimum absolute atomic E-state index is 0.0627. The topological polar surface area (TPSA) is 117 Å². The quantitative estimate of drug-likeness (QED) is 0.595. The van der Waals surface area contributed by atoms with Crippen molar-refractivity contribution in [2.45, 2.75) is 5.51 Å². The maximum atomic E-state index is 12.6.